The Morgan fingerprint density at radius 3 is 2.88 bits per heavy atom. The lowest BCUT2D eigenvalue weighted by Crippen LogP contribution is -2.22. The van der Waals surface area contributed by atoms with Crippen LogP contribution in [0.25, 0.3) is 0 Å². The molecule has 0 spiro atoms. The highest BCUT2D eigenvalue weighted by molar-refractivity contribution is 5.40. The van der Waals surface area contributed by atoms with Gasteiger partial charge < -0.3 is 10.1 Å². The van der Waals surface area contributed by atoms with Gasteiger partial charge in [-0.2, -0.15) is 0 Å². The number of ether oxygens (including phenoxy) is 1. The van der Waals surface area contributed by atoms with Crippen molar-refractivity contribution in [2.45, 2.75) is 51.0 Å². The monoisotopic (exact) mass is 323 g/mol. The number of hydrogen-bond donors (Lipinski definition) is 1. The van der Waals surface area contributed by atoms with E-state index in [1.165, 1.54) is 42.5 Å². The molecule has 0 aliphatic heterocycles. The number of aryl methyl sites for hydroxylation is 1. The van der Waals surface area contributed by atoms with Gasteiger partial charge in [-0.25, -0.2) is 9.97 Å². The summed E-state index contributed by atoms with van der Waals surface area (Å²) in [5, 5.41) is 3.64. The van der Waals surface area contributed by atoms with E-state index in [2.05, 4.69) is 39.6 Å². The first-order valence-corrected chi connectivity index (χ1v) is 9.03. The zero-order valence-corrected chi connectivity index (χ0v) is 14.3. The van der Waals surface area contributed by atoms with E-state index >= 15 is 0 Å². The summed E-state index contributed by atoms with van der Waals surface area (Å²) < 4.78 is 5.36. The minimum atomic E-state index is 0.434. The van der Waals surface area contributed by atoms with Crippen LogP contribution in [0.2, 0.25) is 0 Å². The van der Waals surface area contributed by atoms with Gasteiger partial charge in [0.15, 0.2) is 0 Å². The Bertz CT molecular complexity index is 712. The molecule has 1 saturated carbocycles. The molecule has 0 bridgehead atoms. The Hall–Kier alpha value is -2.10. The van der Waals surface area contributed by atoms with Crippen molar-refractivity contribution in [2.75, 3.05) is 12.4 Å². The van der Waals surface area contributed by atoms with Crippen molar-refractivity contribution in [1.29, 1.82) is 0 Å². The van der Waals surface area contributed by atoms with Gasteiger partial charge in [0, 0.05) is 17.8 Å². The molecular weight excluding hydrogens is 298 g/mol. The largest absolute Gasteiger partial charge is 0.497 e. The maximum atomic E-state index is 5.36. The van der Waals surface area contributed by atoms with Crippen molar-refractivity contribution < 1.29 is 4.74 Å². The van der Waals surface area contributed by atoms with E-state index < -0.39 is 0 Å². The van der Waals surface area contributed by atoms with Crippen molar-refractivity contribution >= 4 is 5.82 Å². The van der Waals surface area contributed by atoms with Crippen LogP contribution in [0, 0.1) is 5.92 Å². The second-order valence-corrected chi connectivity index (χ2v) is 7.11. The summed E-state index contributed by atoms with van der Waals surface area (Å²) in [7, 11) is 1.73. The molecule has 0 radical (unpaired) electrons. The van der Waals surface area contributed by atoms with Crippen LogP contribution in [-0.4, -0.2) is 23.1 Å². The molecule has 1 aromatic carbocycles. The highest BCUT2D eigenvalue weighted by atomic mass is 16.5. The molecule has 4 rings (SSSR count). The highest BCUT2D eigenvalue weighted by Gasteiger charge is 2.22. The predicted octanol–water partition coefficient (Wildman–Crippen LogP) is 3.80. The van der Waals surface area contributed by atoms with Crippen LogP contribution in [0.5, 0.6) is 5.75 Å². The van der Waals surface area contributed by atoms with E-state index in [1.807, 2.05) is 0 Å². The standard InChI is InChI=1S/C20H25N3O/c1-24-19-8-7-16-10-17(4-2-3-15(16)11-19)23-20-12-18(21-13-22-20)9-14-5-6-14/h7-8,11-14,17H,2-6,9-10H2,1H3,(H,21,22,23). The molecule has 1 N–H and O–H groups in total. The maximum Gasteiger partial charge on any atom is 0.129 e. The molecule has 4 heteroatoms. The molecule has 1 aromatic heterocycles. The second-order valence-electron chi connectivity index (χ2n) is 7.11. The lowest BCUT2D eigenvalue weighted by Gasteiger charge is -2.18. The lowest BCUT2D eigenvalue weighted by molar-refractivity contribution is 0.414. The molecule has 0 saturated heterocycles. The van der Waals surface area contributed by atoms with Crippen molar-refractivity contribution in [3.05, 3.63) is 47.4 Å². The molecule has 4 nitrogen and oxygen atoms in total. The summed E-state index contributed by atoms with van der Waals surface area (Å²) in [6, 6.07) is 9.05. The van der Waals surface area contributed by atoms with Crippen molar-refractivity contribution in [2.24, 2.45) is 5.92 Å². The minimum Gasteiger partial charge on any atom is -0.497 e. The van der Waals surface area contributed by atoms with Gasteiger partial charge in [-0.05, 0) is 74.1 Å². The number of fused-ring (bicyclic) bond motifs is 1. The van der Waals surface area contributed by atoms with Gasteiger partial charge in [-0.1, -0.05) is 6.07 Å². The van der Waals surface area contributed by atoms with Crippen LogP contribution >= 0.6 is 0 Å². The van der Waals surface area contributed by atoms with Crippen molar-refractivity contribution in [1.82, 2.24) is 9.97 Å². The van der Waals surface area contributed by atoms with Crippen molar-refractivity contribution in [3.8, 4) is 5.75 Å². The Morgan fingerprint density at radius 2 is 2.04 bits per heavy atom. The minimum absolute atomic E-state index is 0.434. The predicted molar refractivity (Wildman–Crippen MR) is 95.5 cm³/mol. The molecule has 2 aromatic rings. The number of methoxy groups -OCH3 is 1. The van der Waals surface area contributed by atoms with Gasteiger partial charge in [-0.15, -0.1) is 0 Å². The van der Waals surface area contributed by atoms with E-state index in [0.29, 0.717) is 6.04 Å². The molecule has 2 aliphatic carbocycles. The van der Waals surface area contributed by atoms with E-state index in [-0.39, 0.29) is 0 Å². The summed E-state index contributed by atoms with van der Waals surface area (Å²) in [6.07, 6.45) is 10.0. The van der Waals surface area contributed by atoms with E-state index in [9.17, 15) is 0 Å². The number of hydrogen-bond acceptors (Lipinski definition) is 4. The molecule has 1 atom stereocenters. The fourth-order valence-corrected chi connectivity index (χ4v) is 3.61. The second kappa shape index (κ2) is 6.80. The van der Waals surface area contributed by atoms with Gasteiger partial charge in [0.1, 0.15) is 17.9 Å². The van der Waals surface area contributed by atoms with Crippen LogP contribution < -0.4 is 10.1 Å². The number of rotatable bonds is 5. The number of aromatic nitrogens is 2. The molecule has 1 fully saturated rings. The zero-order chi connectivity index (χ0) is 16.4. The summed E-state index contributed by atoms with van der Waals surface area (Å²) in [5.41, 5.74) is 4.03. The van der Waals surface area contributed by atoms with Crippen LogP contribution in [0.3, 0.4) is 0 Å². The third kappa shape index (κ3) is 3.69. The quantitative estimate of drug-likeness (QED) is 0.850. The van der Waals surface area contributed by atoms with E-state index in [0.717, 1.165) is 36.7 Å². The summed E-state index contributed by atoms with van der Waals surface area (Å²) in [6.45, 7) is 0. The fraction of sp³-hybridized carbons (Fsp3) is 0.500. The first kappa shape index (κ1) is 15.4. The van der Waals surface area contributed by atoms with Gasteiger partial charge in [0.2, 0.25) is 0 Å². The number of nitrogens with zero attached hydrogens (tertiary/aromatic N) is 2. The number of nitrogens with one attached hydrogen (secondary N) is 1. The smallest absolute Gasteiger partial charge is 0.129 e. The first-order chi connectivity index (χ1) is 11.8. The molecular formula is C20H25N3O. The molecule has 0 amide bonds. The van der Waals surface area contributed by atoms with E-state index in [1.54, 1.807) is 13.4 Å². The SMILES string of the molecule is COc1ccc2c(c1)CCCC(Nc1cc(CC3CC3)ncn1)C2. The maximum absolute atomic E-state index is 5.36. The van der Waals surface area contributed by atoms with E-state index in [4.69, 9.17) is 4.74 Å². The highest BCUT2D eigenvalue weighted by Crippen LogP contribution is 2.32. The topological polar surface area (TPSA) is 47.0 Å². The Balaban J connectivity index is 1.46. The van der Waals surface area contributed by atoms with Gasteiger partial charge >= 0.3 is 0 Å². The normalized spacial score (nSPS) is 20.1. The summed E-state index contributed by atoms with van der Waals surface area (Å²) in [4.78, 5) is 8.85. The van der Waals surface area contributed by atoms with Crippen molar-refractivity contribution in [3.63, 3.8) is 0 Å². The number of benzene rings is 1. The molecule has 126 valence electrons. The van der Waals surface area contributed by atoms with Gasteiger partial charge in [0.25, 0.3) is 0 Å². The lowest BCUT2D eigenvalue weighted by atomic mass is 10.0. The third-order valence-electron chi connectivity index (χ3n) is 5.15. The van der Waals surface area contributed by atoms with Crippen LogP contribution in [0.15, 0.2) is 30.6 Å². The molecule has 1 unspecified atom stereocenters. The Morgan fingerprint density at radius 1 is 1.12 bits per heavy atom. The average Bonchev–Trinajstić information content (AvgIpc) is 3.41. The Labute approximate surface area is 143 Å². The van der Waals surface area contributed by atoms with Crippen LogP contribution in [0.1, 0.15) is 42.5 Å². The Kier molecular flexibility index (Phi) is 4.37. The summed E-state index contributed by atoms with van der Waals surface area (Å²) >= 11 is 0. The average molecular weight is 323 g/mol. The van der Waals surface area contributed by atoms with Crippen LogP contribution in [-0.2, 0) is 19.3 Å². The third-order valence-corrected chi connectivity index (χ3v) is 5.15. The fourth-order valence-electron chi connectivity index (χ4n) is 3.61. The molecule has 1 heterocycles. The first-order valence-electron chi connectivity index (χ1n) is 9.03. The zero-order valence-electron chi connectivity index (χ0n) is 14.3. The molecule has 2 aliphatic rings. The van der Waals surface area contributed by atoms with Gasteiger partial charge in [-0.3, -0.25) is 0 Å². The van der Waals surface area contributed by atoms with Crippen LogP contribution in [0.4, 0.5) is 5.82 Å². The summed E-state index contributed by atoms with van der Waals surface area (Å²) in [5.74, 6) is 2.79. The number of anilines is 1. The van der Waals surface area contributed by atoms with Gasteiger partial charge in [0.05, 0.1) is 7.11 Å². The molecule has 24 heavy (non-hydrogen) atoms.